The summed E-state index contributed by atoms with van der Waals surface area (Å²) in [6.07, 6.45) is -0.517. The number of nitrogens with one attached hydrogen (secondary N) is 1. The Morgan fingerprint density at radius 2 is 2.00 bits per heavy atom. The van der Waals surface area contributed by atoms with E-state index in [0.29, 0.717) is 6.42 Å². The van der Waals surface area contributed by atoms with Gasteiger partial charge in [0, 0.05) is 6.92 Å². The fourth-order valence-corrected chi connectivity index (χ4v) is 1.56. The third kappa shape index (κ3) is 4.00. The van der Waals surface area contributed by atoms with Crippen LogP contribution in [0.3, 0.4) is 0 Å². The van der Waals surface area contributed by atoms with Gasteiger partial charge in [0.05, 0.1) is 18.8 Å². The van der Waals surface area contributed by atoms with Gasteiger partial charge in [-0.2, -0.15) is 0 Å². The fraction of sp³-hybridized carbons (Fsp3) is 0.417. The van der Waals surface area contributed by atoms with Gasteiger partial charge in [0.25, 0.3) is 0 Å². The van der Waals surface area contributed by atoms with E-state index >= 15 is 0 Å². The molecule has 16 heavy (non-hydrogen) atoms. The second-order valence-electron chi connectivity index (χ2n) is 3.74. The van der Waals surface area contributed by atoms with Gasteiger partial charge >= 0.3 is 0 Å². The van der Waals surface area contributed by atoms with Crippen LogP contribution in [0.2, 0.25) is 0 Å². The van der Waals surface area contributed by atoms with Gasteiger partial charge in [0.1, 0.15) is 0 Å². The number of carbonyl (C=O) groups is 1. The summed E-state index contributed by atoms with van der Waals surface area (Å²) in [6, 6.07) is 9.12. The van der Waals surface area contributed by atoms with Crippen LogP contribution in [0.5, 0.6) is 0 Å². The molecule has 1 unspecified atom stereocenters. The topological polar surface area (TPSA) is 69.6 Å². The highest BCUT2D eigenvalue weighted by molar-refractivity contribution is 5.73. The van der Waals surface area contributed by atoms with Crippen molar-refractivity contribution in [3.8, 4) is 0 Å². The minimum Gasteiger partial charge on any atom is -0.394 e. The molecule has 1 amide bonds. The van der Waals surface area contributed by atoms with Gasteiger partial charge in [-0.1, -0.05) is 30.3 Å². The lowest BCUT2D eigenvalue weighted by atomic mass is 10.0. The van der Waals surface area contributed by atoms with Gasteiger partial charge < -0.3 is 15.5 Å². The summed E-state index contributed by atoms with van der Waals surface area (Å²) in [4.78, 5) is 11.0. The lowest BCUT2D eigenvalue weighted by Crippen LogP contribution is -2.30. The zero-order valence-electron chi connectivity index (χ0n) is 9.26. The maximum absolute atomic E-state index is 11.0. The molecule has 0 spiro atoms. The number of aliphatic hydroxyl groups excluding tert-OH is 2. The third-order valence-corrected chi connectivity index (χ3v) is 2.30. The minimum atomic E-state index is -0.822. The highest BCUT2D eigenvalue weighted by atomic mass is 16.3. The molecule has 0 saturated carbocycles. The normalized spacial score (nSPS) is 14.2. The minimum absolute atomic E-state index is 0.154. The summed E-state index contributed by atoms with van der Waals surface area (Å²) >= 11 is 0. The van der Waals surface area contributed by atoms with Gasteiger partial charge in [-0.3, -0.25) is 4.79 Å². The maximum atomic E-state index is 11.0. The molecule has 0 aliphatic carbocycles. The Bertz CT molecular complexity index is 326. The van der Waals surface area contributed by atoms with Crippen molar-refractivity contribution in [2.24, 2.45) is 0 Å². The van der Waals surface area contributed by atoms with E-state index < -0.39 is 6.10 Å². The van der Waals surface area contributed by atoms with Crippen molar-refractivity contribution in [1.29, 1.82) is 0 Å². The lowest BCUT2D eigenvalue weighted by Gasteiger charge is -2.20. The van der Waals surface area contributed by atoms with Crippen LogP contribution in [-0.4, -0.2) is 28.8 Å². The van der Waals surface area contributed by atoms with E-state index in [4.69, 9.17) is 5.11 Å². The molecule has 0 aromatic heterocycles. The quantitative estimate of drug-likeness (QED) is 0.685. The Hall–Kier alpha value is -1.39. The number of aliphatic hydroxyl groups is 2. The van der Waals surface area contributed by atoms with Crippen LogP contribution in [0.15, 0.2) is 30.3 Å². The molecule has 0 fully saturated rings. The third-order valence-electron chi connectivity index (χ3n) is 2.30. The van der Waals surface area contributed by atoms with Crippen molar-refractivity contribution in [1.82, 2.24) is 5.32 Å². The Labute approximate surface area is 94.9 Å². The predicted octanol–water partition coefficient (Wildman–Crippen LogP) is 0.607. The number of carbonyl (C=O) groups excluding carboxylic acids is 1. The first-order valence-electron chi connectivity index (χ1n) is 5.24. The molecule has 0 saturated heterocycles. The lowest BCUT2D eigenvalue weighted by molar-refractivity contribution is -0.119. The van der Waals surface area contributed by atoms with E-state index in [0.717, 1.165) is 5.56 Å². The van der Waals surface area contributed by atoms with Crippen molar-refractivity contribution in [3.63, 3.8) is 0 Å². The van der Waals surface area contributed by atoms with Crippen LogP contribution in [-0.2, 0) is 4.79 Å². The van der Waals surface area contributed by atoms with Crippen molar-refractivity contribution in [2.75, 3.05) is 6.61 Å². The van der Waals surface area contributed by atoms with Crippen molar-refractivity contribution >= 4 is 5.91 Å². The molecular formula is C12H17NO3. The molecule has 0 bridgehead atoms. The molecule has 1 aromatic rings. The summed E-state index contributed by atoms with van der Waals surface area (Å²) in [5, 5.41) is 21.0. The Balaban J connectivity index is 2.75. The van der Waals surface area contributed by atoms with Crippen LogP contribution in [0.1, 0.15) is 24.9 Å². The molecule has 0 aliphatic heterocycles. The average molecular weight is 223 g/mol. The molecule has 4 heteroatoms. The van der Waals surface area contributed by atoms with E-state index in [1.807, 2.05) is 30.3 Å². The predicted molar refractivity (Wildman–Crippen MR) is 60.7 cm³/mol. The number of hydrogen-bond acceptors (Lipinski definition) is 3. The van der Waals surface area contributed by atoms with E-state index in [1.54, 1.807) is 0 Å². The molecular weight excluding hydrogens is 206 g/mol. The first-order chi connectivity index (χ1) is 7.63. The highest BCUT2D eigenvalue weighted by Gasteiger charge is 2.16. The molecule has 3 N–H and O–H groups in total. The molecule has 0 heterocycles. The van der Waals surface area contributed by atoms with Crippen LogP contribution in [0.4, 0.5) is 0 Å². The smallest absolute Gasteiger partial charge is 0.217 e. The number of benzene rings is 1. The van der Waals surface area contributed by atoms with Crippen LogP contribution >= 0.6 is 0 Å². The van der Waals surface area contributed by atoms with E-state index in [1.165, 1.54) is 6.92 Å². The van der Waals surface area contributed by atoms with E-state index in [-0.39, 0.29) is 18.6 Å². The van der Waals surface area contributed by atoms with E-state index in [9.17, 15) is 9.90 Å². The zero-order chi connectivity index (χ0) is 12.0. The number of hydrogen-bond donors (Lipinski definition) is 3. The summed E-state index contributed by atoms with van der Waals surface area (Å²) < 4.78 is 0. The zero-order valence-corrected chi connectivity index (χ0v) is 9.26. The standard InChI is InChI=1S/C12H17NO3/c1-9(15)13-12(7-11(16)8-14)10-5-3-2-4-6-10/h2-6,11-12,14,16H,7-8H2,1H3,(H,13,15)/t11-,12?/m0/s1. The van der Waals surface area contributed by atoms with Crippen molar-refractivity contribution in [3.05, 3.63) is 35.9 Å². The molecule has 0 aliphatic rings. The Kier molecular flexibility index (Phi) is 4.95. The molecule has 0 radical (unpaired) electrons. The maximum Gasteiger partial charge on any atom is 0.217 e. The van der Waals surface area contributed by atoms with Gasteiger partial charge in [0.2, 0.25) is 5.91 Å². The van der Waals surface area contributed by atoms with Crippen LogP contribution in [0.25, 0.3) is 0 Å². The van der Waals surface area contributed by atoms with Crippen molar-refractivity contribution in [2.45, 2.75) is 25.5 Å². The largest absolute Gasteiger partial charge is 0.394 e. The van der Waals surface area contributed by atoms with Crippen LogP contribution < -0.4 is 5.32 Å². The van der Waals surface area contributed by atoms with Gasteiger partial charge in [-0.05, 0) is 12.0 Å². The molecule has 1 rings (SSSR count). The second kappa shape index (κ2) is 6.25. The second-order valence-corrected chi connectivity index (χ2v) is 3.74. The number of amides is 1. The highest BCUT2D eigenvalue weighted by Crippen LogP contribution is 2.18. The summed E-state index contributed by atoms with van der Waals surface area (Å²) in [5.74, 6) is -0.154. The van der Waals surface area contributed by atoms with Gasteiger partial charge in [-0.15, -0.1) is 0 Å². The summed E-state index contributed by atoms with van der Waals surface area (Å²) in [5.41, 5.74) is 0.921. The summed E-state index contributed by atoms with van der Waals surface area (Å²) in [7, 11) is 0. The monoisotopic (exact) mass is 223 g/mol. The Morgan fingerprint density at radius 1 is 1.38 bits per heavy atom. The summed E-state index contributed by atoms with van der Waals surface area (Å²) in [6.45, 7) is 1.13. The average Bonchev–Trinajstić information content (AvgIpc) is 2.28. The van der Waals surface area contributed by atoms with E-state index in [2.05, 4.69) is 5.32 Å². The molecule has 88 valence electrons. The Morgan fingerprint density at radius 3 is 2.50 bits per heavy atom. The first-order valence-corrected chi connectivity index (χ1v) is 5.24. The van der Waals surface area contributed by atoms with Gasteiger partial charge in [-0.25, -0.2) is 0 Å². The SMILES string of the molecule is CC(=O)NC(C[C@H](O)CO)c1ccccc1. The number of rotatable bonds is 5. The van der Waals surface area contributed by atoms with Crippen LogP contribution in [0, 0.1) is 0 Å². The van der Waals surface area contributed by atoms with Crippen molar-refractivity contribution < 1.29 is 15.0 Å². The molecule has 4 nitrogen and oxygen atoms in total. The molecule has 2 atom stereocenters. The molecule has 1 aromatic carbocycles. The fourth-order valence-electron chi connectivity index (χ4n) is 1.56. The van der Waals surface area contributed by atoms with Gasteiger partial charge in [0.15, 0.2) is 0 Å². The first kappa shape index (κ1) is 12.7.